The van der Waals surface area contributed by atoms with E-state index in [1.54, 1.807) is 0 Å². The molecule has 6 heteroatoms. The first-order valence-electron chi connectivity index (χ1n) is 5.63. The maximum absolute atomic E-state index is 12.3. The van der Waals surface area contributed by atoms with Crippen LogP contribution in [0.4, 0.5) is 0 Å². The quantitative estimate of drug-likeness (QED) is 0.471. The first-order chi connectivity index (χ1) is 8.46. The maximum atomic E-state index is 12.3. The molecule has 18 heavy (non-hydrogen) atoms. The Bertz CT molecular complexity index is 453. The van der Waals surface area contributed by atoms with Crippen molar-refractivity contribution in [1.82, 2.24) is 10.6 Å². The molecule has 1 unspecified atom stereocenters. The van der Waals surface area contributed by atoms with Gasteiger partial charge < -0.3 is 10.6 Å². The molecular weight excluding hydrogens is 316 g/mol. The Morgan fingerprint density at radius 2 is 2.11 bits per heavy atom. The molecule has 0 saturated carbocycles. The second-order valence-corrected chi connectivity index (χ2v) is 6.04. The van der Waals surface area contributed by atoms with E-state index in [1.165, 1.54) is 0 Å². The van der Waals surface area contributed by atoms with Crippen LogP contribution in [-0.2, 0) is 9.59 Å². The molecule has 1 aliphatic heterocycles. The summed E-state index contributed by atoms with van der Waals surface area (Å²) in [7, 11) is 0. The number of hydrogen-bond acceptors (Lipinski definition) is 3. The van der Waals surface area contributed by atoms with Gasteiger partial charge >= 0.3 is 0 Å². The molecule has 0 aromatic heterocycles. The number of thiocarbonyl (C=S) groups is 1. The zero-order chi connectivity index (χ0) is 13.3. The summed E-state index contributed by atoms with van der Waals surface area (Å²) in [4.78, 5) is 24.6. The second kappa shape index (κ2) is 4.93. The fourth-order valence-corrected chi connectivity index (χ4v) is 3.17. The highest BCUT2D eigenvalue weighted by atomic mass is 79.9. The van der Waals surface area contributed by atoms with Gasteiger partial charge in [0, 0.05) is 12.3 Å². The first kappa shape index (κ1) is 13.4. The van der Waals surface area contributed by atoms with Crippen molar-refractivity contribution in [1.29, 1.82) is 0 Å². The van der Waals surface area contributed by atoms with Crippen LogP contribution in [0.1, 0.15) is 19.3 Å². The predicted molar refractivity (Wildman–Crippen MR) is 75.9 cm³/mol. The summed E-state index contributed by atoms with van der Waals surface area (Å²) in [5.74, 6) is -0.795. The molecule has 96 valence electrons. The molecule has 1 aliphatic carbocycles. The lowest BCUT2D eigenvalue weighted by atomic mass is 9.70. The van der Waals surface area contributed by atoms with Gasteiger partial charge in [0.15, 0.2) is 5.11 Å². The van der Waals surface area contributed by atoms with Gasteiger partial charge in [-0.05, 0) is 29.5 Å². The lowest BCUT2D eigenvalue weighted by molar-refractivity contribution is -0.146. The van der Waals surface area contributed by atoms with Gasteiger partial charge in [-0.1, -0.05) is 34.7 Å². The van der Waals surface area contributed by atoms with Crippen LogP contribution in [0.3, 0.4) is 0 Å². The monoisotopic (exact) mass is 328 g/mol. The van der Waals surface area contributed by atoms with Crippen molar-refractivity contribution < 1.29 is 9.59 Å². The molecule has 1 saturated heterocycles. The number of amides is 2. The average Bonchev–Trinajstić information content (AvgIpc) is 2.76. The highest BCUT2D eigenvalue weighted by Gasteiger charge is 2.54. The largest absolute Gasteiger partial charge is 0.302 e. The zero-order valence-electron chi connectivity index (χ0n) is 9.66. The molecule has 2 amide bonds. The molecule has 0 bridgehead atoms. The fraction of sp³-hybridized carbons (Fsp3) is 0.417. The topological polar surface area (TPSA) is 58.2 Å². The van der Waals surface area contributed by atoms with E-state index in [9.17, 15) is 9.59 Å². The van der Waals surface area contributed by atoms with Gasteiger partial charge in [0.1, 0.15) is 5.41 Å². The third-order valence-electron chi connectivity index (χ3n) is 3.38. The van der Waals surface area contributed by atoms with Crippen LogP contribution >= 0.6 is 28.1 Å². The van der Waals surface area contributed by atoms with E-state index in [0.29, 0.717) is 4.48 Å². The van der Waals surface area contributed by atoms with Crippen molar-refractivity contribution in [3.8, 4) is 0 Å². The summed E-state index contributed by atoms with van der Waals surface area (Å²) >= 11 is 8.09. The standard InChI is InChI=1S/C12H13BrN2O2S/c1-7(13)6-12(8-4-2-3-5-8)9(16)14-11(18)15-10(12)17/h2,4,8H,1,3,5-6H2,(H2,14,15,16,17,18). The molecule has 2 aliphatic rings. The molecule has 4 nitrogen and oxygen atoms in total. The Hall–Kier alpha value is -1.01. The molecule has 0 aromatic rings. The number of hydrogen-bond donors (Lipinski definition) is 2. The highest BCUT2D eigenvalue weighted by Crippen LogP contribution is 2.43. The van der Waals surface area contributed by atoms with Crippen LogP contribution in [0, 0.1) is 11.3 Å². The SMILES string of the molecule is C=C(Br)CC1(C2C=CCC2)C(=O)NC(=S)NC1=O. The molecule has 0 spiro atoms. The number of carbonyl (C=O) groups excluding carboxylic acids is 2. The summed E-state index contributed by atoms with van der Waals surface area (Å²) in [5, 5.41) is 5.17. The van der Waals surface area contributed by atoms with Gasteiger partial charge in [-0.15, -0.1) is 0 Å². The van der Waals surface area contributed by atoms with Gasteiger partial charge in [-0.3, -0.25) is 9.59 Å². The molecule has 0 radical (unpaired) electrons. The van der Waals surface area contributed by atoms with Crippen LogP contribution in [-0.4, -0.2) is 16.9 Å². The van der Waals surface area contributed by atoms with E-state index in [1.807, 2.05) is 12.2 Å². The maximum Gasteiger partial charge on any atom is 0.242 e. The average molecular weight is 329 g/mol. The summed E-state index contributed by atoms with van der Waals surface area (Å²) in [6.07, 6.45) is 5.86. The number of halogens is 1. The van der Waals surface area contributed by atoms with Gasteiger partial charge in [0.25, 0.3) is 0 Å². The third-order valence-corrected chi connectivity index (χ3v) is 3.87. The number of allylic oxidation sites excluding steroid dienone is 3. The second-order valence-electron chi connectivity index (χ2n) is 4.51. The van der Waals surface area contributed by atoms with E-state index in [0.717, 1.165) is 12.8 Å². The van der Waals surface area contributed by atoms with Crippen molar-refractivity contribution in [3.63, 3.8) is 0 Å². The first-order valence-corrected chi connectivity index (χ1v) is 6.84. The van der Waals surface area contributed by atoms with Gasteiger partial charge in [-0.2, -0.15) is 0 Å². The molecule has 2 N–H and O–H groups in total. The molecular formula is C12H13BrN2O2S. The Morgan fingerprint density at radius 1 is 1.50 bits per heavy atom. The van der Waals surface area contributed by atoms with E-state index >= 15 is 0 Å². The molecule has 1 atom stereocenters. The number of carbonyl (C=O) groups is 2. The smallest absolute Gasteiger partial charge is 0.242 e. The molecule has 0 aromatic carbocycles. The van der Waals surface area contributed by atoms with Crippen molar-refractivity contribution in [2.24, 2.45) is 11.3 Å². The molecule has 2 rings (SSSR count). The van der Waals surface area contributed by atoms with E-state index in [2.05, 4.69) is 33.1 Å². The minimum atomic E-state index is -1.14. The van der Waals surface area contributed by atoms with Crippen molar-refractivity contribution in [3.05, 3.63) is 23.2 Å². The Labute approximate surface area is 119 Å². The van der Waals surface area contributed by atoms with Crippen LogP contribution in [0.2, 0.25) is 0 Å². The van der Waals surface area contributed by atoms with Gasteiger partial charge in [0.2, 0.25) is 11.8 Å². The molecule has 1 heterocycles. The lowest BCUT2D eigenvalue weighted by Crippen LogP contribution is -2.64. The van der Waals surface area contributed by atoms with E-state index in [-0.39, 0.29) is 29.3 Å². The van der Waals surface area contributed by atoms with Gasteiger partial charge in [0.05, 0.1) is 0 Å². The Kier molecular flexibility index (Phi) is 3.68. The predicted octanol–water partition coefficient (Wildman–Crippen LogP) is 1.77. The summed E-state index contributed by atoms with van der Waals surface area (Å²) in [5.41, 5.74) is -1.14. The number of rotatable bonds is 3. The van der Waals surface area contributed by atoms with Crippen LogP contribution in [0.5, 0.6) is 0 Å². The van der Waals surface area contributed by atoms with Crippen molar-refractivity contribution in [2.45, 2.75) is 19.3 Å². The van der Waals surface area contributed by atoms with Crippen LogP contribution in [0.25, 0.3) is 0 Å². The normalized spacial score (nSPS) is 25.8. The summed E-state index contributed by atoms with van der Waals surface area (Å²) in [6.45, 7) is 3.75. The minimum absolute atomic E-state index is 0.0720. The summed E-state index contributed by atoms with van der Waals surface area (Å²) < 4.78 is 0.626. The lowest BCUT2D eigenvalue weighted by Gasteiger charge is -2.38. The van der Waals surface area contributed by atoms with Crippen molar-refractivity contribution in [2.75, 3.05) is 0 Å². The van der Waals surface area contributed by atoms with Gasteiger partial charge in [-0.25, -0.2) is 0 Å². The fourth-order valence-electron chi connectivity index (χ4n) is 2.54. The van der Waals surface area contributed by atoms with Crippen molar-refractivity contribution >= 4 is 45.1 Å². The highest BCUT2D eigenvalue weighted by molar-refractivity contribution is 9.11. The van der Waals surface area contributed by atoms with Crippen LogP contribution < -0.4 is 10.6 Å². The Morgan fingerprint density at radius 3 is 2.56 bits per heavy atom. The zero-order valence-corrected chi connectivity index (χ0v) is 12.1. The Balaban J connectivity index is 2.42. The molecule has 1 fully saturated rings. The number of nitrogens with one attached hydrogen (secondary N) is 2. The summed E-state index contributed by atoms with van der Waals surface area (Å²) in [6, 6.07) is 0. The van der Waals surface area contributed by atoms with E-state index < -0.39 is 5.41 Å². The van der Waals surface area contributed by atoms with Crippen LogP contribution in [0.15, 0.2) is 23.2 Å². The minimum Gasteiger partial charge on any atom is -0.302 e. The van der Waals surface area contributed by atoms with E-state index in [4.69, 9.17) is 12.2 Å². The third kappa shape index (κ3) is 2.14.